The molecule has 0 bridgehead atoms. The van der Waals surface area contributed by atoms with Gasteiger partial charge in [-0.1, -0.05) is 60.7 Å². The van der Waals surface area contributed by atoms with Crippen molar-refractivity contribution in [3.8, 4) is 11.1 Å². The van der Waals surface area contributed by atoms with Gasteiger partial charge in [0.05, 0.1) is 0 Å². The van der Waals surface area contributed by atoms with Crippen molar-refractivity contribution in [2.24, 2.45) is 0 Å². The number of benzene rings is 3. The number of hydrogen-bond acceptors (Lipinski definition) is 5. The SMILES string of the molecule is CC(C)(C)OC(=O)Nc1ccc(CC(NC(=O)OCC2c3ccccc3-c3ccccc32)C(=O)O)cc1. The van der Waals surface area contributed by atoms with E-state index in [4.69, 9.17) is 9.47 Å². The number of aliphatic carboxylic acids is 1. The second-order valence-electron chi connectivity index (χ2n) is 9.89. The number of rotatable bonds is 7. The van der Waals surface area contributed by atoms with Crippen LogP contribution >= 0.6 is 0 Å². The van der Waals surface area contributed by atoms with E-state index in [1.54, 1.807) is 45.0 Å². The normalized spacial score (nSPS) is 13.2. The van der Waals surface area contributed by atoms with Gasteiger partial charge in [-0.3, -0.25) is 5.32 Å². The molecule has 37 heavy (non-hydrogen) atoms. The van der Waals surface area contributed by atoms with Crippen molar-refractivity contribution in [3.63, 3.8) is 0 Å². The average molecular weight is 503 g/mol. The largest absolute Gasteiger partial charge is 0.480 e. The Morgan fingerprint density at radius 1 is 0.865 bits per heavy atom. The van der Waals surface area contributed by atoms with Crippen molar-refractivity contribution < 1.29 is 29.0 Å². The predicted octanol–water partition coefficient (Wildman–Crippen LogP) is 5.57. The minimum atomic E-state index is -1.18. The molecule has 4 rings (SSSR count). The Hall–Kier alpha value is -4.33. The second kappa shape index (κ2) is 10.7. The topological polar surface area (TPSA) is 114 Å². The number of carbonyl (C=O) groups excluding carboxylic acids is 2. The fourth-order valence-corrected chi connectivity index (χ4v) is 4.36. The molecular formula is C29H30N2O6. The number of anilines is 1. The van der Waals surface area contributed by atoms with Crippen molar-refractivity contribution in [2.45, 2.75) is 44.8 Å². The van der Waals surface area contributed by atoms with E-state index in [2.05, 4.69) is 10.6 Å². The molecule has 8 nitrogen and oxygen atoms in total. The van der Waals surface area contributed by atoms with Gasteiger partial charge in [-0.15, -0.1) is 0 Å². The lowest BCUT2D eigenvalue weighted by molar-refractivity contribution is -0.139. The standard InChI is InChI=1S/C29H30N2O6/c1-29(2,3)37-28(35)30-19-14-12-18(13-15-19)16-25(26(32)33)31-27(34)36-17-24-22-10-6-4-8-20(22)21-9-5-7-11-23(21)24/h4-15,24-25H,16-17H2,1-3H3,(H,30,35)(H,31,34)(H,32,33). The maximum absolute atomic E-state index is 12.6. The molecule has 0 radical (unpaired) electrons. The number of ether oxygens (including phenoxy) is 2. The van der Waals surface area contributed by atoms with Crippen LogP contribution in [0, 0.1) is 0 Å². The molecule has 0 aliphatic heterocycles. The third kappa shape index (κ3) is 6.46. The van der Waals surface area contributed by atoms with E-state index in [-0.39, 0.29) is 18.9 Å². The monoisotopic (exact) mass is 502 g/mol. The first-order valence-corrected chi connectivity index (χ1v) is 12.0. The summed E-state index contributed by atoms with van der Waals surface area (Å²) < 4.78 is 10.7. The van der Waals surface area contributed by atoms with Crippen LogP contribution in [-0.4, -0.2) is 41.5 Å². The van der Waals surface area contributed by atoms with Gasteiger partial charge in [0.1, 0.15) is 18.2 Å². The lowest BCUT2D eigenvalue weighted by Crippen LogP contribution is -2.42. The van der Waals surface area contributed by atoms with Gasteiger partial charge in [-0.05, 0) is 60.7 Å². The van der Waals surface area contributed by atoms with E-state index in [1.807, 2.05) is 48.5 Å². The van der Waals surface area contributed by atoms with Crippen LogP contribution in [0.25, 0.3) is 11.1 Å². The van der Waals surface area contributed by atoms with E-state index in [1.165, 1.54) is 0 Å². The summed E-state index contributed by atoms with van der Waals surface area (Å²) in [7, 11) is 0. The average Bonchev–Trinajstić information content (AvgIpc) is 3.16. The Balaban J connectivity index is 1.34. The Labute approximate surface area is 215 Å². The molecule has 0 fully saturated rings. The highest BCUT2D eigenvalue weighted by Crippen LogP contribution is 2.44. The highest BCUT2D eigenvalue weighted by molar-refractivity contribution is 5.85. The van der Waals surface area contributed by atoms with Crippen LogP contribution in [0.5, 0.6) is 0 Å². The molecule has 0 heterocycles. The van der Waals surface area contributed by atoms with Crippen molar-refractivity contribution in [3.05, 3.63) is 89.5 Å². The third-order valence-corrected chi connectivity index (χ3v) is 5.97. The van der Waals surface area contributed by atoms with Crippen LogP contribution in [0.1, 0.15) is 43.4 Å². The Kier molecular flexibility index (Phi) is 7.47. The van der Waals surface area contributed by atoms with Crippen molar-refractivity contribution in [2.75, 3.05) is 11.9 Å². The Morgan fingerprint density at radius 2 is 1.43 bits per heavy atom. The number of alkyl carbamates (subject to hydrolysis) is 1. The van der Waals surface area contributed by atoms with Gasteiger partial charge in [0.2, 0.25) is 0 Å². The summed E-state index contributed by atoms with van der Waals surface area (Å²) in [6.45, 7) is 5.40. The van der Waals surface area contributed by atoms with Crippen LogP contribution < -0.4 is 10.6 Å². The van der Waals surface area contributed by atoms with E-state index >= 15 is 0 Å². The zero-order chi connectivity index (χ0) is 26.6. The summed E-state index contributed by atoms with van der Waals surface area (Å²) in [5.74, 6) is -1.30. The molecule has 0 aromatic heterocycles. The molecule has 2 amide bonds. The number of hydrogen-bond donors (Lipinski definition) is 3. The molecular weight excluding hydrogens is 472 g/mol. The molecule has 3 aromatic rings. The lowest BCUT2D eigenvalue weighted by Gasteiger charge is -2.20. The Bertz CT molecular complexity index is 1250. The first kappa shape index (κ1) is 25.8. The van der Waals surface area contributed by atoms with Gasteiger partial charge in [-0.25, -0.2) is 14.4 Å². The second-order valence-corrected chi connectivity index (χ2v) is 9.89. The fourth-order valence-electron chi connectivity index (χ4n) is 4.36. The number of nitrogens with one attached hydrogen (secondary N) is 2. The van der Waals surface area contributed by atoms with Gasteiger partial charge in [-0.2, -0.15) is 0 Å². The molecule has 192 valence electrons. The fraction of sp³-hybridized carbons (Fsp3) is 0.276. The molecule has 1 aliphatic rings. The van der Waals surface area contributed by atoms with Crippen molar-refractivity contribution in [1.82, 2.24) is 5.32 Å². The molecule has 1 aliphatic carbocycles. The number of carbonyl (C=O) groups is 3. The van der Waals surface area contributed by atoms with Gasteiger partial charge in [0, 0.05) is 18.0 Å². The molecule has 8 heteroatoms. The number of fused-ring (bicyclic) bond motifs is 3. The van der Waals surface area contributed by atoms with E-state index in [9.17, 15) is 19.5 Å². The maximum atomic E-state index is 12.6. The zero-order valence-electron chi connectivity index (χ0n) is 21.0. The molecule has 3 aromatic carbocycles. The van der Waals surface area contributed by atoms with Crippen LogP contribution in [0.3, 0.4) is 0 Å². The van der Waals surface area contributed by atoms with Gasteiger partial charge >= 0.3 is 18.2 Å². The smallest absolute Gasteiger partial charge is 0.412 e. The van der Waals surface area contributed by atoms with Gasteiger partial charge < -0.3 is 19.9 Å². The van der Waals surface area contributed by atoms with Crippen LogP contribution in [0.2, 0.25) is 0 Å². The minimum absolute atomic E-state index is 0.0479. The summed E-state index contributed by atoms with van der Waals surface area (Å²) in [6.07, 6.45) is -1.33. The number of amides is 2. The number of carboxylic acids is 1. The van der Waals surface area contributed by atoms with Gasteiger partial charge in [0.15, 0.2) is 0 Å². The minimum Gasteiger partial charge on any atom is -0.480 e. The predicted molar refractivity (Wildman–Crippen MR) is 140 cm³/mol. The molecule has 1 unspecified atom stereocenters. The summed E-state index contributed by atoms with van der Waals surface area (Å²) in [5.41, 5.74) is 4.93. The highest BCUT2D eigenvalue weighted by Gasteiger charge is 2.30. The lowest BCUT2D eigenvalue weighted by atomic mass is 9.98. The summed E-state index contributed by atoms with van der Waals surface area (Å²) in [5, 5.41) is 14.7. The molecule has 0 saturated heterocycles. The van der Waals surface area contributed by atoms with E-state index in [0.29, 0.717) is 11.3 Å². The maximum Gasteiger partial charge on any atom is 0.412 e. The quantitative estimate of drug-likeness (QED) is 0.389. The Morgan fingerprint density at radius 3 is 1.97 bits per heavy atom. The summed E-state index contributed by atoms with van der Waals surface area (Å²) in [6, 6.07) is 21.4. The van der Waals surface area contributed by atoms with Crippen LogP contribution in [0.4, 0.5) is 15.3 Å². The highest BCUT2D eigenvalue weighted by atomic mass is 16.6. The first-order chi connectivity index (χ1) is 17.6. The summed E-state index contributed by atoms with van der Waals surface area (Å²) in [4.78, 5) is 36.3. The van der Waals surface area contributed by atoms with E-state index in [0.717, 1.165) is 22.3 Å². The third-order valence-electron chi connectivity index (χ3n) is 5.97. The first-order valence-electron chi connectivity index (χ1n) is 12.0. The molecule has 3 N–H and O–H groups in total. The molecule has 0 spiro atoms. The molecule has 0 saturated carbocycles. The molecule has 1 atom stereocenters. The van der Waals surface area contributed by atoms with Crippen LogP contribution in [0.15, 0.2) is 72.8 Å². The zero-order valence-corrected chi connectivity index (χ0v) is 21.0. The van der Waals surface area contributed by atoms with Gasteiger partial charge in [0.25, 0.3) is 0 Å². The van der Waals surface area contributed by atoms with E-state index < -0.39 is 29.8 Å². The van der Waals surface area contributed by atoms with Crippen LogP contribution in [-0.2, 0) is 20.7 Å². The van der Waals surface area contributed by atoms with Crippen molar-refractivity contribution >= 4 is 23.8 Å². The van der Waals surface area contributed by atoms with Crippen molar-refractivity contribution in [1.29, 1.82) is 0 Å². The summed E-state index contributed by atoms with van der Waals surface area (Å²) >= 11 is 0. The number of carboxylic acid groups (broad SMARTS) is 1.